The molecule has 1 aromatic rings. The molecule has 1 N–H and O–H groups in total. The normalized spacial score (nSPS) is 17.4. The van der Waals surface area contributed by atoms with Crippen molar-refractivity contribution in [2.75, 3.05) is 18.0 Å². The number of benzene rings is 1. The summed E-state index contributed by atoms with van der Waals surface area (Å²) in [5.41, 5.74) is 1.90. The van der Waals surface area contributed by atoms with Gasteiger partial charge in [-0.25, -0.2) is 4.39 Å². The zero-order valence-corrected chi connectivity index (χ0v) is 13.0. The number of halogens is 1. The lowest BCUT2D eigenvalue weighted by molar-refractivity contribution is 0.533. The third kappa shape index (κ3) is 3.14. The molecule has 0 bridgehead atoms. The maximum atomic E-state index is 14.3. The molecular weight excluding hydrogens is 251 g/mol. The third-order valence-corrected chi connectivity index (χ3v) is 4.39. The predicted molar refractivity (Wildman–Crippen MR) is 83.8 cm³/mol. The van der Waals surface area contributed by atoms with Crippen molar-refractivity contribution in [2.24, 2.45) is 0 Å². The summed E-state index contributed by atoms with van der Waals surface area (Å²) in [6, 6.07) is 6.12. The van der Waals surface area contributed by atoms with Crippen LogP contribution in [0.3, 0.4) is 0 Å². The van der Waals surface area contributed by atoms with Crippen LogP contribution in [-0.4, -0.2) is 19.1 Å². The molecule has 2 nitrogen and oxygen atoms in total. The van der Waals surface area contributed by atoms with Crippen LogP contribution in [-0.2, 0) is 0 Å². The average molecular weight is 278 g/mol. The Morgan fingerprint density at radius 1 is 1.30 bits per heavy atom. The molecule has 0 heterocycles. The zero-order valence-electron chi connectivity index (χ0n) is 13.0. The highest BCUT2D eigenvalue weighted by Crippen LogP contribution is 2.34. The number of hydrogen-bond donors (Lipinski definition) is 1. The maximum absolute atomic E-state index is 14.3. The first kappa shape index (κ1) is 15.3. The number of hydrogen-bond acceptors (Lipinski definition) is 2. The summed E-state index contributed by atoms with van der Waals surface area (Å²) < 4.78 is 14.3. The molecule has 0 radical (unpaired) electrons. The minimum absolute atomic E-state index is 0.0478. The number of nitrogens with zero attached hydrogens (tertiary/aromatic N) is 1. The molecule has 1 aliphatic carbocycles. The highest BCUT2D eigenvalue weighted by Gasteiger charge is 2.25. The van der Waals surface area contributed by atoms with Crippen LogP contribution in [0.5, 0.6) is 0 Å². The van der Waals surface area contributed by atoms with Gasteiger partial charge in [0.2, 0.25) is 0 Å². The zero-order chi connectivity index (χ0) is 14.5. The minimum atomic E-state index is -0.0904. The molecule has 1 unspecified atom stereocenters. The largest absolute Gasteiger partial charge is 0.368 e. The maximum Gasteiger partial charge on any atom is 0.130 e. The summed E-state index contributed by atoms with van der Waals surface area (Å²) in [5, 5.41) is 3.35. The molecule has 112 valence electrons. The first-order valence-corrected chi connectivity index (χ1v) is 7.97. The molecular formula is C17H27FN2. The molecule has 3 heteroatoms. The number of anilines is 1. The van der Waals surface area contributed by atoms with Crippen molar-refractivity contribution in [2.45, 2.75) is 58.5 Å². The van der Waals surface area contributed by atoms with E-state index in [1.165, 1.54) is 25.7 Å². The second-order valence-electron chi connectivity index (χ2n) is 5.68. The fraction of sp³-hybridized carbons (Fsp3) is 0.647. The Hall–Kier alpha value is -1.09. The first-order chi connectivity index (χ1) is 9.69. The van der Waals surface area contributed by atoms with Gasteiger partial charge in [0.1, 0.15) is 5.82 Å². The highest BCUT2D eigenvalue weighted by atomic mass is 19.1. The van der Waals surface area contributed by atoms with Gasteiger partial charge >= 0.3 is 0 Å². The lowest BCUT2D eigenvalue weighted by Gasteiger charge is -2.33. The molecule has 20 heavy (non-hydrogen) atoms. The summed E-state index contributed by atoms with van der Waals surface area (Å²) in [4.78, 5) is 2.40. The third-order valence-electron chi connectivity index (χ3n) is 4.39. The van der Waals surface area contributed by atoms with Crippen molar-refractivity contribution in [3.63, 3.8) is 0 Å². The van der Waals surface area contributed by atoms with Crippen molar-refractivity contribution < 1.29 is 4.39 Å². The van der Waals surface area contributed by atoms with Crippen LogP contribution in [0.4, 0.5) is 10.1 Å². The van der Waals surface area contributed by atoms with E-state index in [1.54, 1.807) is 6.07 Å². The SMILES string of the molecule is CCNC(C)c1c(F)cccc1N(CC)C1CCCC1. The van der Waals surface area contributed by atoms with Crippen molar-refractivity contribution in [3.05, 3.63) is 29.6 Å². The molecule has 0 aromatic heterocycles. The molecule has 0 saturated heterocycles. The van der Waals surface area contributed by atoms with Crippen LogP contribution in [0, 0.1) is 5.82 Å². The number of nitrogens with one attached hydrogen (secondary N) is 1. The van der Waals surface area contributed by atoms with E-state index in [-0.39, 0.29) is 11.9 Å². The molecule has 0 spiro atoms. The van der Waals surface area contributed by atoms with Gasteiger partial charge in [0.15, 0.2) is 0 Å². The summed E-state index contributed by atoms with van der Waals surface area (Å²) in [6.45, 7) is 8.08. The molecule has 0 aliphatic heterocycles. The van der Waals surface area contributed by atoms with E-state index in [4.69, 9.17) is 0 Å². The highest BCUT2D eigenvalue weighted by molar-refractivity contribution is 5.56. The Balaban J connectivity index is 2.35. The van der Waals surface area contributed by atoms with Gasteiger partial charge in [-0.15, -0.1) is 0 Å². The van der Waals surface area contributed by atoms with Gasteiger partial charge in [0.05, 0.1) is 0 Å². The second-order valence-corrected chi connectivity index (χ2v) is 5.68. The number of rotatable bonds is 6. The fourth-order valence-corrected chi connectivity index (χ4v) is 3.45. The summed E-state index contributed by atoms with van der Waals surface area (Å²) in [6.07, 6.45) is 5.07. The lowest BCUT2D eigenvalue weighted by atomic mass is 10.0. The van der Waals surface area contributed by atoms with Gasteiger partial charge in [-0.05, 0) is 45.4 Å². The fourth-order valence-electron chi connectivity index (χ4n) is 3.45. The van der Waals surface area contributed by atoms with E-state index < -0.39 is 0 Å². The Labute approximate surface area is 122 Å². The average Bonchev–Trinajstić information content (AvgIpc) is 2.94. The van der Waals surface area contributed by atoms with Crippen LogP contribution in [0.2, 0.25) is 0 Å². The van der Waals surface area contributed by atoms with E-state index in [0.717, 1.165) is 24.3 Å². The van der Waals surface area contributed by atoms with E-state index >= 15 is 0 Å². The van der Waals surface area contributed by atoms with Crippen LogP contribution in [0.15, 0.2) is 18.2 Å². The Bertz CT molecular complexity index is 427. The van der Waals surface area contributed by atoms with Gasteiger partial charge in [-0.3, -0.25) is 0 Å². The summed E-state index contributed by atoms with van der Waals surface area (Å²) in [5.74, 6) is -0.0904. The molecule has 1 aliphatic rings. The molecule has 1 saturated carbocycles. The van der Waals surface area contributed by atoms with Crippen LogP contribution < -0.4 is 10.2 Å². The lowest BCUT2D eigenvalue weighted by Crippen LogP contribution is -2.35. The topological polar surface area (TPSA) is 15.3 Å². The van der Waals surface area contributed by atoms with E-state index in [2.05, 4.69) is 30.1 Å². The molecule has 1 fully saturated rings. The van der Waals surface area contributed by atoms with Crippen molar-refractivity contribution in [3.8, 4) is 0 Å². The summed E-state index contributed by atoms with van der Waals surface area (Å²) in [7, 11) is 0. The van der Waals surface area contributed by atoms with E-state index in [1.807, 2.05) is 13.0 Å². The van der Waals surface area contributed by atoms with Gasteiger partial charge in [0.25, 0.3) is 0 Å². The van der Waals surface area contributed by atoms with E-state index in [9.17, 15) is 4.39 Å². The van der Waals surface area contributed by atoms with E-state index in [0.29, 0.717) is 6.04 Å². The van der Waals surface area contributed by atoms with Crippen molar-refractivity contribution >= 4 is 5.69 Å². The molecule has 1 aromatic carbocycles. The first-order valence-electron chi connectivity index (χ1n) is 7.97. The minimum Gasteiger partial charge on any atom is -0.368 e. The molecule has 1 atom stereocenters. The Morgan fingerprint density at radius 2 is 2.00 bits per heavy atom. The van der Waals surface area contributed by atoms with Gasteiger partial charge in [0, 0.05) is 29.9 Å². The standard InChI is InChI=1S/C17H27FN2/c1-4-19-13(3)17-15(18)11-8-12-16(17)20(5-2)14-9-6-7-10-14/h8,11-14,19H,4-7,9-10H2,1-3H3. The molecule has 0 amide bonds. The predicted octanol–water partition coefficient (Wildman–Crippen LogP) is 4.27. The van der Waals surface area contributed by atoms with Gasteiger partial charge in [-0.1, -0.05) is 25.8 Å². The monoisotopic (exact) mass is 278 g/mol. The van der Waals surface area contributed by atoms with Crippen molar-refractivity contribution in [1.29, 1.82) is 0 Å². The van der Waals surface area contributed by atoms with Gasteiger partial charge in [-0.2, -0.15) is 0 Å². The van der Waals surface area contributed by atoms with Crippen LogP contribution >= 0.6 is 0 Å². The summed E-state index contributed by atoms with van der Waals surface area (Å²) >= 11 is 0. The smallest absolute Gasteiger partial charge is 0.130 e. The quantitative estimate of drug-likeness (QED) is 0.836. The second kappa shape index (κ2) is 7.07. The van der Waals surface area contributed by atoms with Crippen LogP contribution in [0.25, 0.3) is 0 Å². The van der Waals surface area contributed by atoms with Crippen LogP contribution in [0.1, 0.15) is 58.1 Å². The Morgan fingerprint density at radius 3 is 2.60 bits per heavy atom. The van der Waals surface area contributed by atoms with Gasteiger partial charge < -0.3 is 10.2 Å². The Kier molecular flexibility index (Phi) is 5.41. The molecule has 2 rings (SSSR count). The van der Waals surface area contributed by atoms with Crippen molar-refractivity contribution in [1.82, 2.24) is 5.32 Å².